The predicted octanol–water partition coefficient (Wildman–Crippen LogP) is 2.89. The van der Waals surface area contributed by atoms with Gasteiger partial charge in [0.2, 0.25) is 11.9 Å². The zero-order valence-electron chi connectivity index (χ0n) is 14.3. The number of aromatic nitrogens is 3. The Labute approximate surface area is 145 Å². The second-order valence-electron chi connectivity index (χ2n) is 5.67. The summed E-state index contributed by atoms with van der Waals surface area (Å²) in [5.74, 6) is 1.52. The average molecular weight is 334 g/mol. The number of para-hydroxylation sites is 1. The van der Waals surface area contributed by atoms with Gasteiger partial charge in [0.15, 0.2) is 5.82 Å². The molecule has 0 saturated carbocycles. The summed E-state index contributed by atoms with van der Waals surface area (Å²) in [4.78, 5) is 14.2. The summed E-state index contributed by atoms with van der Waals surface area (Å²) in [5, 5.41) is 10.6. The quantitative estimate of drug-likeness (QED) is 0.731. The van der Waals surface area contributed by atoms with Gasteiger partial charge in [0.1, 0.15) is 17.4 Å². The lowest BCUT2D eigenvalue weighted by atomic mass is 10.1. The molecule has 7 heteroatoms. The van der Waals surface area contributed by atoms with Gasteiger partial charge >= 0.3 is 0 Å². The first-order chi connectivity index (χ1) is 12.0. The number of nitrogen functional groups attached to an aromatic ring is 1. The third-order valence-electron chi connectivity index (χ3n) is 3.72. The number of hydrogen-bond acceptors (Lipinski definition) is 7. The second-order valence-corrected chi connectivity index (χ2v) is 5.67. The van der Waals surface area contributed by atoms with Crippen molar-refractivity contribution in [1.29, 1.82) is 5.26 Å². The number of nitrogens with two attached hydrogens (primary N) is 1. The number of aryl methyl sites for hydroxylation is 1. The number of allylic oxidation sites excluding steroid dienone is 1. The molecule has 0 aliphatic heterocycles. The van der Waals surface area contributed by atoms with E-state index in [-0.39, 0.29) is 11.8 Å². The van der Waals surface area contributed by atoms with Gasteiger partial charge in [-0.2, -0.15) is 20.2 Å². The van der Waals surface area contributed by atoms with Crippen molar-refractivity contribution in [3.63, 3.8) is 0 Å². The van der Waals surface area contributed by atoms with E-state index in [0.29, 0.717) is 17.9 Å². The minimum absolute atomic E-state index is 0.0719. The Kier molecular flexibility index (Phi) is 4.35. The fourth-order valence-electron chi connectivity index (χ4n) is 2.53. The highest BCUT2D eigenvalue weighted by Gasteiger charge is 2.15. The van der Waals surface area contributed by atoms with Gasteiger partial charge in [-0.05, 0) is 12.1 Å². The summed E-state index contributed by atoms with van der Waals surface area (Å²) in [5.41, 5.74) is 7.72. The molecule has 2 aromatic heterocycles. The molecule has 0 atom stereocenters. The number of fused-ring (bicyclic) bond motifs is 1. The summed E-state index contributed by atoms with van der Waals surface area (Å²) in [6.07, 6.45) is 2.46. The van der Waals surface area contributed by atoms with E-state index in [2.05, 4.69) is 21.0 Å². The molecule has 0 radical (unpaired) electrons. The third-order valence-corrected chi connectivity index (χ3v) is 3.72. The molecule has 1 aromatic carbocycles. The zero-order chi connectivity index (χ0) is 18.0. The molecule has 3 aromatic rings. The Balaban J connectivity index is 2.19. The molecule has 0 saturated heterocycles. The number of anilines is 2. The van der Waals surface area contributed by atoms with Crippen LogP contribution in [0.4, 0.5) is 11.9 Å². The highest BCUT2D eigenvalue weighted by atomic mass is 16.3. The fraction of sp³-hybridized carbons (Fsp3) is 0.222. The van der Waals surface area contributed by atoms with E-state index in [4.69, 9.17) is 10.2 Å². The Hall–Kier alpha value is -3.40. The van der Waals surface area contributed by atoms with Crippen LogP contribution in [0.5, 0.6) is 0 Å². The lowest BCUT2D eigenvalue weighted by molar-refractivity contribution is 0.556. The molecule has 0 bridgehead atoms. The van der Waals surface area contributed by atoms with Crippen LogP contribution in [-0.4, -0.2) is 29.0 Å². The maximum atomic E-state index is 9.63. The van der Waals surface area contributed by atoms with E-state index in [1.807, 2.05) is 31.2 Å². The first-order valence-corrected chi connectivity index (χ1v) is 7.85. The average Bonchev–Trinajstić information content (AvgIpc) is 2.96. The topological polar surface area (TPSA) is 105 Å². The maximum absolute atomic E-state index is 9.63. The van der Waals surface area contributed by atoms with E-state index in [9.17, 15) is 5.26 Å². The molecule has 126 valence electrons. The van der Waals surface area contributed by atoms with Crippen LogP contribution in [0.1, 0.15) is 24.1 Å². The highest BCUT2D eigenvalue weighted by molar-refractivity contribution is 5.97. The lowest BCUT2D eigenvalue weighted by Crippen LogP contribution is -2.15. The highest BCUT2D eigenvalue weighted by Crippen LogP contribution is 2.29. The third kappa shape index (κ3) is 3.15. The van der Waals surface area contributed by atoms with Crippen molar-refractivity contribution < 1.29 is 4.42 Å². The monoisotopic (exact) mass is 334 g/mol. The molecule has 2 heterocycles. The molecular formula is C18H18N6O. The van der Waals surface area contributed by atoms with Gasteiger partial charge in [-0.3, -0.25) is 0 Å². The number of nitriles is 1. The fourth-order valence-corrected chi connectivity index (χ4v) is 2.53. The number of nitrogens with zero attached hydrogens (tertiary/aromatic N) is 5. The molecule has 0 aliphatic rings. The van der Waals surface area contributed by atoms with Crippen molar-refractivity contribution in [2.75, 3.05) is 24.7 Å². The maximum Gasteiger partial charge on any atom is 0.230 e. The SMILES string of the molecule is CCc1oc2ccccc2c1C=C(C#N)c1nc(N)nc(N(C)C)n1. The Morgan fingerprint density at radius 3 is 2.72 bits per heavy atom. The zero-order valence-corrected chi connectivity index (χ0v) is 14.3. The van der Waals surface area contributed by atoms with Crippen LogP contribution >= 0.6 is 0 Å². The molecule has 0 unspecified atom stereocenters. The normalized spacial score (nSPS) is 11.5. The van der Waals surface area contributed by atoms with Crippen molar-refractivity contribution in [1.82, 2.24) is 15.0 Å². The largest absolute Gasteiger partial charge is 0.460 e. The van der Waals surface area contributed by atoms with Crippen LogP contribution in [-0.2, 0) is 6.42 Å². The summed E-state index contributed by atoms with van der Waals surface area (Å²) in [6, 6.07) is 9.88. The van der Waals surface area contributed by atoms with Crippen molar-refractivity contribution >= 4 is 34.5 Å². The van der Waals surface area contributed by atoms with Crippen LogP contribution in [0, 0.1) is 11.3 Å². The van der Waals surface area contributed by atoms with Crippen LogP contribution in [0.15, 0.2) is 28.7 Å². The van der Waals surface area contributed by atoms with E-state index in [1.54, 1.807) is 25.1 Å². The number of furan rings is 1. The van der Waals surface area contributed by atoms with Gasteiger partial charge in [-0.1, -0.05) is 25.1 Å². The summed E-state index contributed by atoms with van der Waals surface area (Å²) < 4.78 is 5.88. The van der Waals surface area contributed by atoms with Gasteiger partial charge in [0.25, 0.3) is 0 Å². The van der Waals surface area contributed by atoms with E-state index >= 15 is 0 Å². The molecule has 3 rings (SSSR count). The van der Waals surface area contributed by atoms with Crippen molar-refractivity contribution in [2.45, 2.75) is 13.3 Å². The van der Waals surface area contributed by atoms with Gasteiger partial charge in [-0.25, -0.2) is 0 Å². The van der Waals surface area contributed by atoms with Crippen LogP contribution in [0.25, 0.3) is 22.6 Å². The standard InChI is InChI=1S/C18H18N6O/c1-4-14-13(12-7-5-6-8-15(12)25-14)9-11(10-19)16-21-17(20)23-18(22-16)24(2)3/h5-9H,4H2,1-3H3,(H2,20,21,22,23). The molecule has 25 heavy (non-hydrogen) atoms. The Morgan fingerprint density at radius 2 is 2.04 bits per heavy atom. The van der Waals surface area contributed by atoms with Crippen molar-refractivity contribution in [3.8, 4) is 6.07 Å². The molecular weight excluding hydrogens is 316 g/mol. The second kappa shape index (κ2) is 6.61. The van der Waals surface area contributed by atoms with Gasteiger partial charge in [-0.15, -0.1) is 0 Å². The molecule has 2 N–H and O–H groups in total. The predicted molar refractivity (Wildman–Crippen MR) is 97.6 cm³/mol. The van der Waals surface area contributed by atoms with Gasteiger partial charge in [0, 0.05) is 31.5 Å². The van der Waals surface area contributed by atoms with Crippen molar-refractivity contribution in [2.24, 2.45) is 0 Å². The van der Waals surface area contributed by atoms with Gasteiger partial charge in [0.05, 0.1) is 5.57 Å². The molecule has 0 spiro atoms. The minimum Gasteiger partial charge on any atom is -0.460 e. The summed E-state index contributed by atoms with van der Waals surface area (Å²) in [7, 11) is 3.60. The molecule has 0 aliphatic carbocycles. The van der Waals surface area contributed by atoms with Crippen LogP contribution in [0.3, 0.4) is 0 Å². The first kappa shape index (κ1) is 16.5. The summed E-state index contributed by atoms with van der Waals surface area (Å²) >= 11 is 0. The molecule has 7 nitrogen and oxygen atoms in total. The first-order valence-electron chi connectivity index (χ1n) is 7.85. The molecule has 0 amide bonds. The van der Waals surface area contributed by atoms with Crippen LogP contribution in [0.2, 0.25) is 0 Å². The minimum atomic E-state index is 0.0719. The molecule has 0 fully saturated rings. The number of benzene rings is 1. The van der Waals surface area contributed by atoms with E-state index in [0.717, 1.165) is 22.3 Å². The van der Waals surface area contributed by atoms with Crippen LogP contribution < -0.4 is 10.6 Å². The number of hydrogen-bond donors (Lipinski definition) is 1. The van der Waals surface area contributed by atoms with Gasteiger partial charge < -0.3 is 15.1 Å². The number of rotatable bonds is 4. The van der Waals surface area contributed by atoms with Crippen molar-refractivity contribution in [3.05, 3.63) is 41.4 Å². The Bertz CT molecular complexity index is 996. The Morgan fingerprint density at radius 1 is 1.28 bits per heavy atom. The van der Waals surface area contributed by atoms with E-state index < -0.39 is 0 Å². The van der Waals surface area contributed by atoms with E-state index in [1.165, 1.54) is 0 Å². The lowest BCUT2D eigenvalue weighted by Gasteiger charge is -2.11. The smallest absolute Gasteiger partial charge is 0.230 e. The summed E-state index contributed by atoms with van der Waals surface area (Å²) in [6.45, 7) is 2.01.